The molecule has 36 heavy (non-hydrogen) atoms. The summed E-state index contributed by atoms with van der Waals surface area (Å²) in [6.45, 7) is 1.95. The SMILES string of the molecule is Cc1ccc(C(=O)Nc2ccc3c(c2)-c2c(c(C(N)=O)nn2-c2ccc4c(c2)OCO4)CC3)c(Cl)n1. The number of hydrogen-bond donors (Lipinski definition) is 2. The highest BCUT2D eigenvalue weighted by atomic mass is 35.5. The van der Waals surface area contributed by atoms with Crippen LogP contribution in [0.25, 0.3) is 16.9 Å². The maximum Gasteiger partial charge on any atom is 0.269 e. The number of nitrogens with zero attached hydrogens (tertiary/aromatic N) is 3. The number of primary amides is 1. The van der Waals surface area contributed by atoms with Crippen molar-refractivity contribution >= 4 is 29.1 Å². The molecule has 0 bridgehead atoms. The Bertz CT molecular complexity index is 1580. The molecule has 2 aromatic heterocycles. The van der Waals surface area contributed by atoms with Gasteiger partial charge in [0.15, 0.2) is 17.2 Å². The Morgan fingerprint density at radius 1 is 1.06 bits per heavy atom. The molecule has 0 unspecified atom stereocenters. The van der Waals surface area contributed by atoms with E-state index < -0.39 is 5.91 Å². The summed E-state index contributed by atoms with van der Waals surface area (Å²) in [6.07, 6.45) is 1.32. The van der Waals surface area contributed by atoms with Crippen molar-refractivity contribution in [3.05, 3.63) is 81.8 Å². The van der Waals surface area contributed by atoms with Crippen LogP contribution in [0, 0.1) is 6.92 Å². The van der Waals surface area contributed by atoms with Crippen LogP contribution in [-0.4, -0.2) is 33.4 Å². The molecule has 0 atom stereocenters. The van der Waals surface area contributed by atoms with Crippen LogP contribution in [0.1, 0.15) is 37.7 Å². The Morgan fingerprint density at radius 3 is 2.69 bits per heavy atom. The number of nitrogens with two attached hydrogens (primary N) is 1. The minimum Gasteiger partial charge on any atom is -0.454 e. The predicted octanol–water partition coefficient (Wildman–Crippen LogP) is 4.07. The largest absolute Gasteiger partial charge is 0.454 e. The van der Waals surface area contributed by atoms with E-state index in [2.05, 4.69) is 15.4 Å². The number of rotatable bonds is 4. The van der Waals surface area contributed by atoms with Gasteiger partial charge in [-0.25, -0.2) is 9.67 Å². The number of carbonyl (C=O) groups excluding carboxylic acids is 2. The molecule has 0 saturated heterocycles. The number of ether oxygens (including phenoxy) is 2. The van der Waals surface area contributed by atoms with Crippen LogP contribution in [0.4, 0.5) is 5.69 Å². The molecule has 3 N–H and O–H groups in total. The van der Waals surface area contributed by atoms with Crippen LogP contribution >= 0.6 is 11.6 Å². The minimum atomic E-state index is -0.597. The first kappa shape index (κ1) is 22.1. The zero-order valence-electron chi connectivity index (χ0n) is 19.2. The van der Waals surface area contributed by atoms with Crippen LogP contribution in [-0.2, 0) is 12.8 Å². The highest BCUT2D eigenvalue weighted by Crippen LogP contribution is 2.40. The van der Waals surface area contributed by atoms with Crippen molar-refractivity contribution in [3.8, 4) is 28.4 Å². The third-order valence-corrected chi connectivity index (χ3v) is 6.61. The molecule has 0 saturated carbocycles. The molecule has 2 amide bonds. The summed E-state index contributed by atoms with van der Waals surface area (Å²) in [5, 5.41) is 7.62. The molecule has 0 spiro atoms. The summed E-state index contributed by atoms with van der Waals surface area (Å²) in [6, 6.07) is 14.5. The quantitative estimate of drug-likeness (QED) is 0.406. The van der Waals surface area contributed by atoms with Crippen LogP contribution < -0.4 is 20.5 Å². The van der Waals surface area contributed by atoms with Gasteiger partial charge >= 0.3 is 0 Å². The average Bonchev–Trinajstić information content (AvgIpc) is 3.48. The Balaban J connectivity index is 1.44. The summed E-state index contributed by atoms with van der Waals surface area (Å²) in [5.41, 5.74) is 11.6. The van der Waals surface area contributed by atoms with E-state index in [9.17, 15) is 9.59 Å². The van der Waals surface area contributed by atoms with Crippen LogP contribution in [0.15, 0.2) is 48.5 Å². The predicted molar refractivity (Wildman–Crippen MR) is 133 cm³/mol. The first-order chi connectivity index (χ1) is 17.4. The molecule has 2 aromatic carbocycles. The Hall–Kier alpha value is -4.37. The van der Waals surface area contributed by atoms with E-state index >= 15 is 0 Å². The number of aryl methyl sites for hydroxylation is 2. The number of nitrogens with one attached hydrogen (secondary N) is 1. The van der Waals surface area contributed by atoms with Gasteiger partial charge in [0.1, 0.15) is 5.15 Å². The molecule has 2 aliphatic rings. The Labute approximate surface area is 210 Å². The van der Waals surface area contributed by atoms with Gasteiger partial charge < -0.3 is 20.5 Å². The van der Waals surface area contributed by atoms with Crippen LogP contribution in [0.5, 0.6) is 11.5 Å². The molecule has 1 aliphatic heterocycles. The fraction of sp³-hybridized carbons (Fsp3) is 0.154. The molecular weight excluding hydrogens is 482 g/mol. The summed E-state index contributed by atoms with van der Waals surface area (Å²) in [5.74, 6) is 0.272. The molecule has 180 valence electrons. The van der Waals surface area contributed by atoms with Gasteiger partial charge in [-0.2, -0.15) is 5.10 Å². The number of hydrogen-bond acceptors (Lipinski definition) is 6. The maximum absolute atomic E-state index is 12.9. The van der Waals surface area contributed by atoms with Gasteiger partial charge in [-0.05, 0) is 61.7 Å². The molecule has 6 rings (SSSR count). The first-order valence-corrected chi connectivity index (χ1v) is 11.7. The van der Waals surface area contributed by atoms with Crippen molar-refractivity contribution in [3.63, 3.8) is 0 Å². The molecule has 0 radical (unpaired) electrons. The van der Waals surface area contributed by atoms with Crippen molar-refractivity contribution in [1.82, 2.24) is 14.8 Å². The Kier molecular flexibility index (Phi) is 5.15. The number of aromatic nitrogens is 3. The van der Waals surface area contributed by atoms with E-state index in [0.29, 0.717) is 35.7 Å². The molecule has 3 heterocycles. The molecular formula is C26H20ClN5O4. The van der Waals surface area contributed by atoms with Gasteiger partial charge in [-0.15, -0.1) is 0 Å². The van der Waals surface area contributed by atoms with Crippen molar-refractivity contribution < 1.29 is 19.1 Å². The van der Waals surface area contributed by atoms with E-state index in [1.165, 1.54) is 0 Å². The summed E-state index contributed by atoms with van der Waals surface area (Å²) in [7, 11) is 0. The van der Waals surface area contributed by atoms with Crippen LogP contribution in [0.2, 0.25) is 5.15 Å². The second kappa shape index (κ2) is 8.39. The number of amides is 2. The van der Waals surface area contributed by atoms with Crippen molar-refractivity contribution in [2.45, 2.75) is 19.8 Å². The molecule has 9 nitrogen and oxygen atoms in total. The summed E-state index contributed by atoms with van der Waals surface area (Å²) < 4.78 is 12.7. The van der Waals surface area contributed by atoms with Gasteiger partial charge in [-0.1, -0.05) is 17.7 Å². The highest BCUT2D eigenvalue weighted by Gasteiger charge is 2.29. The van der Waals surface area contributed by atoms with E-state index in [4.69, 9.17) is 26.8 Å². The van der Waals surface area contributed by atoms with Crippen LogP contribution in [0.3, 0.4) is 0 Å². The van der Waals surface area contributed by atoms with E-state index in [1.54, 1.807) is 29.8 Å². The lowest BCUT2D eigenvalue weighted by Gasteiger charge is -2.20. The van der Waals surface area contributed by atoms with Gasteiger partial charge in [0, 0.05) is 28.6 Å². The van der Waals surface area contributed by atoms with Crippen molar-refractivity contribution in [2.24, 2.45) is 5.73 Å². The van der Waals surface area contributed by atoms with E-state index in [-0.39, 0.29) is 29.1 Å². The van der Waals surface area contributed by atoms with E-state index in [1.807, 2.05) is 30.3 Å². The lowest BCUT2D eigenvalue weighted by molar-refractivity contribution is 0.0992. The number of carbonyl (C=O) groups is 2. The van der Waals surface area contributed by atoms with Crippen molar-refractivity contribution in [1.29, 1.82) is 0 Å². The smallest absolute Gasteiger partial charge is 0.269 e. The zero-order chi connectivity index (χ0) is 25.0. The minimum absolute atomic E-state index is 0.139. The highest BCUT2D eigenvalue weighted by molar-refractivity contribution is 6.33. The fourth-order valence-electron chi connectivity index (χ4n) is 4.61. The average molecular weight is 502 g/mol. The monoisotopic (exact) mass is 501 g/mol. The van der Waals surface area contributed by atoms with Gasteiger partial charge in [0.2, 0.25) is 6.79 Å². The zero-order valence-corrected chi connectivity index (χ0v) is 19.9. The summed E-state index contributed by atoms with van der Waals surface area (Å²) >= 11 is 6.19. The number of fused-ring (bicyclic) bond motifs is 4. The summed E-state index contributed by atoms with van der Waals surface area (Å²) in [4.78, 5) is 29.3. The normalized spacial score (nSPS) is 13.2. The fourth-order valence-corrected chi connectivity index (χ4v) is 4.89. The maximum atomic E-state index is 12.9. The second-order valence-corrected chi connectivity index (χ2v) is 8.96. The molecule has 1 aliphatic carbocycles. The molecule has 4 aromatic rings. The first-order valence-electron chi connectivity index (χ1n) is 11.3. The second-order valence-electron chi connectivity index (χ2n) is 8.61. The Morgan fingerprint density at radius 2 is 1.89 bits per heavy atom. The topological polar surface area (TPSA) is 121 Å². The number of benzene rings is 2. The lowest BCUT2D eigenvalue weighted by atomic mass is 9.88. The van der Waals surface area contributed by atoms with Gasteiger partial charge in [0.05, 0.1) is 16.9 Å². The van der Waals surface area contributed by atoms with Gasteiger partial charge in [-0.3, -0.25) is 9.59 Å². The van der Waals surface area contributed by atoms with E-state index in [0.717, 1.165) is 28.1 Å². The standard InChI is InChI=1S/C26H20ClN5O4/c1-13-2-7-18(24(27)29-13)26(34)30-15-5-3-14-4-8-17-22(25(28)33)31-32(23(17)19(14)10-15)16-6-9-20-21(11-16)36-12-35-20/h2-3,5-7,9-11H,4,8,12H2,1H3,(H2,28,33)(H,30,34). The lowest BCUT2D eigenvalue weighted by Crippen LogP contribution is -2.16. The number of halogens is 1. The van der Waals surface area contributed by atoms with Crippen molar-refractivity contribution in [2.75, 3.05) is 12.1 Å². The third-order valence-electron chi connectivity index (χ3n) is 6.32. The van der Waals surface area contributed by atoms with Gasteiger partial charge in [0.25, 0.3) is 11.8 Å². The molecule has 10 heteroatoms. The number of pyridine rings is 1. The third kappa shape index (κ3) is 3.64. The number of anilines is 1. The molecule has 0 fully saturated rings.